The molecule has 1 aromatic carbocycles. The van der Waals surface area contributed by atoms with Gasteiger partial charge < -0.3 is 19.5 Å². The average Bonchev–Trinajstić information content (AvgIpc) is 3.19. The van der Waals surface area contributed by atoms with E-state index in [-0.39, 0.29) is 35.9 Å². The topological polar surface area (TPSA) is 71.8 Å². The lowest BCUT2D eigenvalue weighted by atomic mass is 9.98. The molecule has 8 heteroatoms. The van der Waals surface area contributed by atoms with Crippen molar-refractivity contribution in [3.05, 3.63) is 54.1 Å². The van der Waals surface area contributed by atoms with Gasteiger partial charge >= 0.3 is 5.97 Å². The van der Waals surface area contributed by atoms with Crippen LogP contribution in [0, 0.1) is 5.92 Å². The molecule has 1 aromatic heterocycles. The average molecular weight is 525 g/mol. The highest BCUT2D eigenvalue weighted by Gasteiger charge is 2.28. The third-order valence-corrected chi connectivity index (χ3v) is 5.18. The summed E-state index contributed by atoms with van der Waals surface area (Å²) in [6, 6.07) is 10.4. The van der Waals surface area contributed by atoms with E-state index in [0.29, 0.717) is 13.2 Å². The summed E-state index contributed by atoms with van der Waals surface area (Å²) in [7, 11) is 1.78. The molecule has 1 unspecified atom stereocenters. The molecule has 164 valence electrons. The van der Waals surface area contributed by atoms with Crippen molar-refractivity contribution in [3.8, 4) is 0 Å². The van der Waals surface area contributed by atoms with Crippen LogP contribution in [0.4, 0.5) is 0 Å². The van der Waals surface area contributed by atoms with E-state index >= 15 is 0 Å². The first-order chi connectivity index (χ1) is 14.2. The predicted molar refractivity (Wildman–Crippen MR) is 129 cm³/mol. The van der Waals surface area contributed by atoms with Crippen molar-refractivity contribution in [1.82, 2.24) is 19.8 Å². The minimum atomic E-state index is -0.101. The van der Waals surface area contributed by atoms with Gasteiger partial charge in [0, 0.05) is 52.0 Å². The molecule has 1 saturated heterocycles. The van der Waals surface area contributed by atoms with Gasteiger partial charge in [-0.05, 0) is 25.3 Å². The van der Waals surface area contributed by atoms with E-state index in [1.807, 2.05) is 25.4 Å². The van der Waals surface area contributed by atoms with Gasteiger partial charge in [0.1, 0.15) is 5.82 Å². The van der Waals surface area contributed by atoms with Crippen LogP contribution in [0.2, 0.25) is 0 Å². The van der Waals surface area contributed by atoms with Crippen LogP contribution in [0.5, 0.6) is 0 Å². The highest BCUT2D eigenvalue weighted by atomic mass is 127. The van der Waals surface area contributed by atoms with Crippen LogP contribution in [0.25, 0.3) is 0 Å². The molecule has 30 heavy (non-hydrogen) atoms. The van der Waals surface area contributed by atoms with Gasteiger partial charge in [0.05, 0.1) is 12.5 Å². The number of hydrogen-bond acceptors (Lipinski definition) is 4. The molecule has 3 rings (SSSR count). The van der Waals surface area contributed by atoms with Crippen molar-refractivity contribution < 1.29 is 9.53 Å². The Bertz CT molecular complexity index is 809. The molecule has 2 aromatic rings. The van der Waals surface area contributed by atoms with Crippen LogP contribution >= 0.6 is 24.0 Å². The molecule has 0 saturated carbocycles. The van der Waals surface area contributed by atoms with Crippen LogP contribution in [0.3, 0.4) is 0 Å². The standard InChI is InChI=1S/C22H31N5O2.HI/c1-3-29-21(28)19-10-7-14-27(17-19)22(23-2)25-12-11-20-24-13-15-26(20)16-18-8-5-4-6-9-18;/h4-6,8-9,13,15,19H,3,7,10-12,14,16-17H2,1-2H3,(H,23,25);1H. The Kier molecular flexibility index (Phi) is 10.1. The van der Waals surface area contributed by atoms with Crippen molar-refractivity contribution in [2.24, 2.45) is 10.9 Å². The smallest absolute Gasteiger partial charge is 0.310 e. The number of piperidine rings is 1. The molecule has 0 spiro atoms. The third-order valence-electron chi connectivity index (χ3n) is 5.18. The molecule has 2 heterocycles. The second kappa shape index (κ2) is 12.6. The van der Waals surface area contributed by atoms with Crippen molar-refractivity contribution in [3.63, 3.8) is 0 Å². The molecule has 1 aliphatic heterocycles. The van der Waals surface area contributed by atoms with Crippen molar-refractivity contribution >= 4 is 35.9 Å². The lowest BCUT2D eigenvalue weighted by molar-refractivity contribution is -0.149. The first-order valence-electron chi connectivity index (χ1n) is 10.4. The van der Waals surface area contributed by atoms with Crippen LogP contribution in [-0.2, 0) is 22.5 Å². The lowest BCUT2D eigenvalue weighted by Crippen LogP contribution is -2.48. The molecular formula is C22H32IN5O2. The first kappa shape index (κ1) is 24.2. The Morgan fingerprint density at radius 2 is 2.13 bits per heavy atom. The highest BCUT2D eigenvalue weighted by Crippen LogP contribution is 2.18. The van der Waals surface area contributed by atoms with E-state index < -0.39 is 0 Å². The Labute approximate surface area is 195 Å². The minimum absolute atomic E-state index is 0. The fourth-order valence-electron chi connectivity index (χ4n) is 3.73. The summed E-state index contributed by atoms with van der Waals surface area (Å²) in [5.41, 5.74) is 1.26. The Hall–Kier alpha value is -2.10. The monoisotopic (exact) mass is 525 g/mol. The summed E-state index contributed by atoms with van der Waals surface area (Å²) < 4.78 is 7.38. The maximum atomic E-state index is 12.1. The largest absolute Gasteiger partial charge is 0.466 e. The number of aliphatic imine (C=N–C) groups is 1. The summed E-state index contributed by atoms with van der Waals surface area (Å²) in [5, 5.41) is 3.43. The number of aromatic nitrogens is 2. The van der Waals surface area contributed by atoms with Crippen LogP contribution in [0.1, 0.15) is 31.2 Å². The van der Waals surface area contributed by atoms with Crippen molar-refractivity contribution in [2.45, 2.75) is 32.7 Å². The van der Waals surface area contributed by atoms with Gasteiger partial charge in [0.2, 0.25) is 0 Å². The minimum Gasteiger partial charge on any atom is -0.466 e. The van der Waals surface area contributed by atoms with Crippen molar-refractivity contribution in [2.75, 3.05) is 33.3 Å². The number of nitrogens with one attached hydrogen (secondary N) is 1. The number of ether oxygens (including phenoxy) is 1. The second-order valence-corrected chi connectivity index (χ2v) is 7.22. The Balaban J connectivity index is 0.00000320. The second-order valence-electron chi connectivity index (χ2n) is 7.22. The number of nitrogens with zero attached hydrogens (tertiary/aromatic N) is 4. The highest BCUT2D eigenvalue weighted by molar-refractivity contribution is 14.0. The maximum Gasteiger partial charge on any atom is 0.310 e. The molecule has 1 atom stereocenters. The third kappa shape index (κ3) is 6.72. The number of hydrogen-bond donors (Lipinski definition) is 1. The summed E-state index contributed by atoms with van der Waals surface area (Å²) in [5.74, 6) is 1.70. The molecule has 1 fully saturated rings. The first-order valence-corrected chi connectivity index (χ1v) is 10.4. The van der Waals surface area contributed by atoms with E-state index in [9.17, 15) is 4.79 Å². The molecule has 1 N–H and O–H groups in total. The van der Waals surface area contributed by atoms with Crippen LogP contribution in [-0.4, -0.2) is 59.7 Å². The van der Waals surface area contributed by atoms with Gasteiger partial charge in [0.15, 0.2) is 5.96 Å². The van der Waals surface area contributed by atoms with Gasteiger partial charge in [-0.1, -0.05) is 30.3 Å². The summed E-state index contributed by atoms with van der Waals surface area (Å²) in [4.78, 5) is 23.2. The van der Waals surface area contributed by atoms with Gasteiger partial charge in [-0.25, -0.2) is 4.98 Å². The van der Waals surface area contributed by atoms with Gasteiger partial charge in [-0.15, -0.1) is 24.0 Å². The zero-order valence-electron chi connectivity index (χ0n) is 17.8. The fraction of sp³-hybridized carbons (Fsp3) is 0.500. The molecular weight excluding hydrogens is 493 g/mol. The maximum absolute atomic E-state index is 12.1. The number of rotatable bonds is 7. The molecule has 7 nitrogen and oxygen atoms in total. The Morgan fingerprint density at radius 1 is 1.33 bits per heavy atom. The fourth-order valence-corrected chi connectivity index (χ4v) is 3.73. The number of benzene rings is 1. The van der Waals surface area contributed by atoms with E-state index in [4.69, 9.17) is 4.74 Å². The number of halogens is 1. The summed E-state index contributed by atoms with van der Waals surface area (Å²) in [6.45, 7) is 5.38. The lowest BCUT2D eigenvalue weighted by Gasteiger charge is -2.33. The molecule has 1 aliphatic rings. The zero-order valence-corrected chi connectivity index (χ0v) is 20.1. The van der Waals surface area contributed by atoms with Gasteiger partial charge in [0.25, 0.3) is 0 Å². The van der Waals surface area contributed by atoms with E-state index in [0.717, 1.165) is 50.7 Å². The molecule has 0 radical (unpaired) electrons. The molecule has 0 bridgehead atoms. The number of carbonyl (C=O) groups is 1. The molecule has 0 amide bonds. The SMILES string of the molecule is CCOC(=O)C1CCCN(C(=NC)NCCc2nccn2Cc2ccccc2)C1.I. The van der Waals surface area contributed by atoms with E-state index in [2.05, 4.69) is 49.0 Å². The summed E-state index contributed by atoms with van der Waals surface area (Å²) in [6.07, 6.45) is 6.51. The van der Waals surface area contributed by atoms with Crippen LogP contribution < -0.4 is 5.32 Å². The Morgan fingerprint density at radius 3 is 2.87 bits per heavy atom. The number of esters is 1. The number of carbonyl (C=O) groups excluding carboxylic acids is 1. The number of guanidine groups is 1. The quantitative estimate of drug-likeness (QED) is 0.261. The summed E-state index contributed by atoms with van der Waals surface area (Å²) >= 11 is 0. The normalized spacial score (nSPS) is 16.7. The van der Waals surface area contributed by atoms with E-state index in [1.165, 1.54) is 5.56 Å². The van der Waals surface area contributed by atoms with Gasteiger partial charge in [-0.3, -0.25) is 9.79 Å². The zero-order chi connectivity index (χ0) is 20.5. The van der Waals surface area contributed by atoms with E-state index in [1.54, 1.807) is 7.05 Å². The van der Waals surface area contributed by atoms with Crippen molar-refractivity contribution in [1.29, 1.82) is 0 Å². The number of imidazole rings is 1. The van der Waals surface area contributed by atoms with Gasteiger partial charge in [-0.2, -0.15) is 0 Å². The molecule has 0 aliphatic carbocycles. The predicted octanol–water partition coefficient (Wildman–Crippen LogP) is 2.94. The van der Waals surface area contributed by atoms with Crippen LogP contribution in [0.15, 0.2) is 47.7 Å². The number of likely N-dealkylation sites (tertiary alicyclic amines) is 1.